The van der Waals surface area contributed by atoms with Crippen LogP contribution in [0.3, 0.4) is 0 Å². The molecule has 0 bridgehead atoms. The van der Waals surface area contributed by atoms with Gasteiger partial charge in [0, 0.05) is 6.20 Å². The molecular formula is C14H24N2O2S. The third kappa shape index (κ3) is 7.82. The van der Waals surface area contributed by atoms with Gasteiger partial charge in [-0.1, -0.05) is 51.5 Å². The Kier molecular flexibility index (Phi) is 7.48. The van der Waals surface area contributed by atoms with Crippen molar-refractivity contribution in [1.82, 2.24) is 4.98 Å². The Morgan fingerprint density at radius 1 is 1.05 bits per heavy atom. The Morgan fingerprint density at radius 2 is 1.74 bits per heavy atom. The SMILES string of the molecule is CCCCCCCCCS(=O)(=O)Nc1ccccn1. The van der Waals surface area contributed by atoms with Crippen molar-refractivity contribution in [2.24, 2.45) is 0 Å². The average molecular weight is 284 g/mol. The Bertz CT molecular complexity index is 432. The van der Waals surface area contributed by atoms with Crippen molar-refractivity contribution in [2.75, 3.05) is 10.5 Å². The highest BCUT2D eigenvalue weighted by Gasteiger charge is 2.10. The minimum absolute atomic E-state index is 0.178. The van der Waals surface area contributed by atoms with Gasteiger partial charge in [0.05, 0.1) is 5.75 Å². The second-order valence-corrected chi connectivity index (χ2v) is 6.60. The molecule has 19 heavy (non-hydrogen) atoms. The Labute approximate surface area is 116 Å². The molecule has 0 aliphatic rings. The van der Waals surface area contributed by atoms with E-state index in [1.165, 1.54) is 25.7 Å². The molecule has 0 saturated carbocycles. The highest BCUT2D eigenvalue weighted by molar-refractivity contribution is 7.92. The van der Waals surface area contributed by atoms with Gasteiger partial charge < -0.3 is 0 Å². The number of nitrogens with one attached hydrogen (secondary N) is 1. The molecule has 1 aromatic rings. The second-order valence-electron chi connectivity index (χ2n) is 4.76. The van der Waals surface area contributed by atoms with Gasteiger partial charge in [0.15, 0.2) is 0 Å². The summed E-state index contributed by atoms with van der Waals surface area (Å²) < 4.78 is 26.1. The van der Waals surface area contributed by atoms with E-state index in [1.54, 1.807) is 24.4 Å². The van der Waals surface area contributed by atoms with E-state index in [0.29, 0.717) is 12.2 Å². The van der Waals surface area contributed by atoms with Gasteiger partial charge in [-0.15, -0.1) is 0 Å². The lowest BCUT2D eigenvalue weighted by Gasteiger charge is -2.06. The Morgan fingerprint density at radius 3 is 2.37 bits per heavy atom. The second kappa shape index (κ2) is 8.91. The normalized spacial score (nSPS) is 11.4. The fraction of sp³-hybridized carbons (Fsp3) is 0.643. The molecule has 1 N–H and O–H groups in total. The van der Waals surface area contributed by atoms with Crippen LogP contribution in [-0.4, -0.2) is 19.2 Å². The summed E-state index contributed by atoms with van der Waals surface area (Å²) in [5.74, 6) is 0.572. The smallest absolute Gasteiger partial charge is 0.233 e. The number of unbranched alkanes of at least 4 members (excludes halogenated alkanes) is 6. The predicted octanol–water partition coefficient (Wildman–Crippen LogP) is 3.57. The zero-order valence-electron chi connectivity index (χ0n) is 11.6. The predicted molar refractivity (Wildman–Crippen MR) is 79.6 cm³/mol. The van der Waals surface area contributed by atoms with Crippen LogP contribution in [0.5, 0.6) is 0 Å². The van der Waals surface area contributed by atoms with Crippen molar-refractivity contribution in [3.8, 4) is 0 Å². The zero-order chi connectivity index (χ0) is 14.0. The molecule has 0 aliphatic carbocycles. The van der Waals surface area contributed by atoms with Crippen LogP contribution in [0.2, 0.25) is 0 Å². The largest absolute Gasteiger partial charge is 0.267 e. The zero-order valence-corrected chi connectivity index (χ0v) is 12.5. The maximum atomic E-state index is 11.8. The molecular weight excluding hydrogens is 260 g/mol. The number of hydrogen-bond donors (Lipinski definition) is 1. The summed E-state index contributed by atoms with van der Waals surface area (Å²) in [6, 6.07) is 5.18. The van der Waals surface area contributed by atoms with E-state index in [4.69, 9.17) is 0 Å². The maximum Gasteiger partial charge on any atom is 0.233 e. The lowest BCUT2D eigenvalue weighted by atomic mass is 10.1. The number of anilines is 1. The van der Waals surface area contributed by atoms with Crippen LogP contribution in [0, 0.1) is 0 Å². The number of aromatic nitrogens is 1. The van der Waals surface area contributed by atoms with Crippen LogP contribution >= 0.6 is 0 Å². The highest BCUT2D eigenvalue weighted by Crippen LogP contribution is 2.09. The van der Waals surface area contributed by atoms with Crippen molar-refractivity contribution in [1.29, 1.82) is 0 Å². The van der Waals surface area contributed by atoms with Crippen molar-refractivity contribution in [3.63, 3.8) is 0 Å². The summed E-state index contributed by atoms with van der Waals surface area (Å²) in [6.45, 7) is 2.19. The molecule has 0 fully saturated rings. The molecule has 1 heterocycles. The Hall–Kier alpha value is -1.10. The first kappa shape index (κ1) is 16.0. The van der Waals surface area contributed by atoms with Gasteiger partial charge in [0.25, 0.3) is 0 Å². The van der Waals surface area contributed by atoms with Crippen LogP contribution < -0.4 is 4.72 Å². The summed E-state index contributed by atoms with van der Waals surface area (Å²) >= 11 is 0. The van der Waals surface area contributed by atoms with Gasteiger partial charge in [-0.2, -0.15) is 0 Å². The summed E-state index contributed by atoms with van der Waals surface area (Å²) in [5.41, 5.74) is 0. The summed E-state index contributed by atoms with van der Waals surface area (Å²) in [4.78, 5) is 3.95. The average Bonchev–Trinajstić information content (AvgIpc) is 2.38. The first-order valence-corrected chi connectivity index (χ1v) is 8.71. The van der Waals surface area contributed by atoms with E-state index < -0.39 is 10.0 Å². The number of rotatable bonds is 10. The summed E-state index contributed by atoms with van der Waals surface area (Å²) in [6.07, 6.45) is 9.38. The monoisotopic (exact) mass is 284 g/mol. The van der Waals surface area contributed by atoms with Crippen molar-refractivity contribution >= 4 is 15.8 Å². The first-order chi connectivity index (χ1) is 9.14. The third-order valence-electron chi connectivity index (χ3n) is 2.94. The van der Waals surface area contributed by atoms with Gasteiger partial charge in [-0.05, 0) is 18.6 Å². The summed E-state index contributed by atoms with van der Waals surface area (Å²) in [7, 11) is -3.24. The van der Waals surface area contributed by atoms with Crippen LogP contribution in [0.25, 0.3) is 0 Å². The molecule has 1 aromatic heterocycles. The number of sulfonamides is 1. The van der Waals surface area contributed by atoms with Gasteiger partial charge in [0.2, 0.25) is 10.0 Å². The molecule has 0 aromatic carbocycles. The summed E-state index contributed by atoms with van der Waals surface area (Å²) in [5, 5.41) is 0. The van der Waals surface area contributed by atoms with E-state index in [9.17, 15) is 8.42 Å². The fourth-order valence-corrected chi connectivity index (χ4v) is 3.01. The quantitative estimate of drug-likeness (QED) is 0.668. The standard InChI is InChI=1S/C14H24N2O2S/c1-2-3-4-5-6-7-10-13-19(17,18)16-14-11-8-9-12-15-14/h8-9,11-12H,2-7,10,13H2,1H3,(H,15,16). The minimum atomic E-state index is -3.24. The number of nitrogens with zero attached hydrogens (tertiary/aromatic N) is 1. The molecule has 0 radical (unpaired) electrons. The first-order valence-electron chi connectivity index (χ1n) is 7.05. The fourth-order valence-electron chi connectivity index (χ4n) is 1.88. The van der Waals surface area contributed by atoms with Crippen molar-refractivity contribution in [2.45, 2.75) is 51.9 Å². The van der Waals surface area contributed by atoms with Gasteiger partial charge in [-0.3, -0.25) is 4.72 Å². The van der Waals surface area contributed by atoms with E-state index in [-0.39, 0.29) is 5.75 Å². The van der Waals surface area contributed by atoms with Crippen LogP contribution in [0.4, 0.5) is 5.82 Å². The van der Waals surface area contributed by atoms with Crippen LogP contribution in [-0.2, 0) is 10.0 Å². The van der Waals surface area contributed by atoms with Crippen LogP contribution in [0.15, 0.2) is 24.4 Å². The lowest BCUT2D eigenvalue weighted by molar-refractivity contribution is 0.582. The molecule has 1 rings (SSSR count). The molecule has 0 unspecified atom stereocenters. The molecule has 0 spiro atoms. The van der Waals surface area contributed by atoms with Crippen molar-refractivity contribution < 1.29 is 8.42 Å². The van der Waals surface area contributed by atoms with E-state index in [1.807, 2.05) is 0 Å². The van der Waals surface area contributed by atoms with Gasteiger partial charge >= 0.3 is 0 Å². The molecule has 0 amide bonds. The molecule has 0 atom stereocenters. The molecule has 4 nitrogen and oxygen atoms in total. The third-order valence-corrected chi connectivity index (χ3v) is 4.29. The van der Waals surface area contributed by atoms with E-state index in [2.05, 4.69) is 16.6 Å². The van der Waals surface area contributed by atoms with Crippen molar-refractivity contribution in [3.05, 3.63) is 24.4 Å². The van der Waals surface area contributed by atoms with Crippen LogP contribution in [0.1, 0.15) is 51.9 Å². The molecule has 5 heteroatoms. The highest BCUT2D eigenvalue weighted by atomic mass is 32.2. The van der Waals surface area contributed by atoms with Gasteiger partial charge in [0.1, 0.15) is 5.82 Å². The number of hydrogen-bond acceptors (Lipinski definition) is 3. The topological polar surface area (TPSA) is 59.1 Å². The molecule has 0 aliphatic heterocycles. The lowest BCUT2D eigenvalue weighted by Crippen LogP contribution is -2.17. The van der Waals surface area contributed by atoms with E-state index in [0.717, 1.165) is 12.8 Å². The molecule has 108 valence electrons. The minimum Gasteiger partial charge on any atom is -0.267 e. The molecule has 0 saturated heterocycles. The van der Waals surface area contributed by atoms with E-state index >= 15 is 0 Å². The Balaban J connectivity index is 2.17. The maximum absolute atomic E-state index is 11.8. The van der Waals surface area contributed by atoms with Gasteiger partial charge in [-0.25, -0.2) is 13.4 Å². The number of pyridine rings is 1.